The van der Waals surface area contributed by atoms with Crippen LogP contribution in [0.3, 0.4) is 0 Å². The van der Waals surface area contributed by atoms with Gasteiger partial charge in [0.1, 0.15) is 5.69 Å². The summed E-state index contributed by atoms with van der Waals surface area (Å²) in [6.45, 7) is 0. The topological polar surface area (TPSA) is 58.6 Å². The number of H-pyrrole nitrogens is 1. The van der Waals surface area contributed by atoms with Crippen molar-refractivity contribution in [2.24, 2.45) is 0 Å². The summed E-state index contributed by atoms with van der Waals surface area (Å²) in [6, 6.07) is 9.32. The van der Waals surface area contributed by atoms with E-state index in [1.165, 1.54) is 0 Å². The number of nitrogens with zero attached hydrogens (tertiary/aromatic N) is 2. The summed E-state index contributed by atoms with van der Waals surface area (Å²) in [7, 11) is 0. The molecule has 3 aromatic rings. The first kappa shape index (κ1) is 13.3. The van der Waals surface area contributed by atoms with E-state index in [9.17, 15) is 18.0 Å². The van der Waals surface area contributed by atoms with Crippen LogP contribution in [0, 0.1) is 0 Å². The third kappa shape index (κ3) is 2.62. The highest BCUT2D eigenvalue weighted by molar-refractivity contribution is 5.83. The zero-order valence-corrected chi connectivity index (χ0v) is 10.5. The van der Waals surface area contributed by atoms with Gasteiger partial charge in [0.2, 0.25) is 0 Å². The van der Waals surface area contributed by atoms with Crippen LogP contribution in [0.1, 0.15) is 5.69 Å². The molecule has 0 aliphatic carbocycles. The van der Waals surface area contributed by atoms with Gasteiger partial charge in [0.25, 0.3) is 0 Å². The van der Waals surface area contributed by atoms with E-state index >= 15 is 0 Å². The second-order valence-electron chi connectivity index (χ2n) is 4.39. The monoisotopic (exact) mass is 291 g/mol. The number of halogens is 3. The van der Waals surface area contributed by atoms with Crippen LogP contribution in [0.4, 0.5) is 13.2 Å². The summed E-state index contributed by atoms with van der Waals surface area (Å²) in [4.78, 5) is 20.7. The van der Waals surface area contributed by atoms with Crippen LogP contribution in [0.15, 0.2) is 47.4 Å². The largest absolute Gasteiger partial charge is 0.431 e. The van der Waals surface area contributed by atoms with Crippen LogP contribution in [0.25, 0.3) is 22.2 Å². The quantitative estimate of drug-likeness (QED) is 0.749. The van der Waals surface area contributed by atoms with Gasteiger partial charge in [0.15, 0.2) is 0 Å². The summed E-state index contributed by atoms with van der Waals surface area (Å²) < 4.78 is 38.1. The lowest BCUT2D eigenvalue weighted by atomic mass is 10.1. The zero-order valence-electron chi connectivity index (χ0n) is 10.5. The maximum atomic E-state index is 12.7. The Labute approximate surface area is 116 Å². The van der Waals surface area contributed by atoms with Crippen LogP contribution in [0.5, 0.6) is 0 Å². The predicted octanol–water partition coefficient (Wildman–Crippen LogP) is 3.00. The number of aromatic amines is 1. The van der Waals surface area contributed by atoms with Crippen LogP contribution in [-0.4, -0.2) is 15.0 Å². The van der Waals surface area contributed by atoms with Crippen molar-refractivity contribution in [2.75, 3.05) is 0 Å². The Morgan fingerprint density at radius 3 is 2.67 bits per heavy atom. The van der Waals surface area contributed by atoms with Gasteiger partial charge in [-0.3, -0.25) is 4.98 Å². The predicted molar refractivity (Wildman–Crippen MR) is 70.6 cm³/mol. The van der Waals surface area contributed by atoms with E-state index in [-0.39, 0.29) is 5.69 Å². The van der Waals surface area contributed by atoms with Gasteiger partial charge in [0.05, 0.1) is 11.2 Å². The number of pyridine rings is 1. The van der Waals surface area contributed by atoms with E-state index in [1.54, 1.807) is 35.4 Å². The van der Waals surface area contributed by atoms with Crippen molar-refractivity contribution in [3.63, 3.8) is 0 Å². The minimum absolute atomic E-state index is 0.0429. The van der Waals surface area contributed by atoms with Crippen molar-refractivity contribution in [1.29, 1.82) is 0 Å². The fraction of sp³-hybridized carbons (Fsp3) is 0.0714. The first-order chi connectivity index (χ1) is 9.93. The summed E-state index contributed by atoms with van der Waals surface area (Å²) in [5.41, 5.74) is -1.19. The number of alkyl halides is 3. The van der Waals surface area contributed by atoms with Crippen molar-refractivity contribution in [3.05, 3.63) is 58.8 Å². The molecule has 1 N–H and O–H groups in total. The molecule has 0 aliphatic rings. The molecule has 0 saturated heterocycles. The van der Waals surface area contributed by atoms with Gasteiger partial charge in [-0.25, -0.2) is 4.79 Å². The van der Waals surface area contributed by atoms with Crippen LogP contribution >= 0.6 is 0 Å². The van der Waals surface area contributed by atoms with E-state index in [2.05, 4.69) is 9.97 Å². The van der Waals surface area contributed by atoms with Gasteiger partial charge in [-0.05, 0) is 18.2 Å². The van der Waals surface area contributed by atoms with E-state index < -0.39 is 17.6 Å². The number of hydrogen-bond acceptors (Lipinski definition) is 3. The lowest BCUT2D eigenvalue weighted by molar-refractivity contribution is -0.141. The van der Waals surface area contributed by atoms with Crippen molar-refractivity contribution >= 4 is 10.9 Å². The Morgan fingerprint density at radius 1 is 1.10 bits per heavy atom. The third-order valence-electron chi connectivity index (χ3n) is 2.95. The fourth-order valence-electron chi connectivity index (χ4n) is 1.98. The molecule has 3 rings (SSSR count). The molecule has 0 radical (unpaired) electrons. The SMILES string of the molecule is O=c1nc(-c2ccc3cccnc3c2)cc(C(F)(F)F)[nH]1. The lowest BCUT2D eigenvalue weighted by Crippen LogP contribution is -2.19. The molecule has 2 aromatic heterocycles. The Morgan fingerprint density at radius 2 is 1.90 bits per heavy atom. The molecule has 2 heterocycles. The normalized spacial score (nSPS) is 11.8. The average Bonchev–Trinajstić information content (AvgIpc) is 2.45. The maximum absolute atomic E-state index is 12.7. The molecule has 1 aromatic carbocycles. The Balaban J connectivity index is 2.18. The molecule has 0 spiro atoms. The van der Waals surface area contributed by atoms with E-state index in [1.807, 2.05) is 6.07 Å². The molecule has 0 fully saturated rings. The number of nitrogens with one attached hydrogen (secondary N) is 1. The number of rotatable bonds is 1. The fourth-order valence-corrected chi connectivity index (χ4v) is 1.98. The Hall–Kier alpha value is -2.70. The molecule has 0 bridgehead atoms. The van der Waals surface area contributed by atoms with Crippen LogP contribution in [-0.2, 0) is 6.18 Å². The minimum atomic E-state index is -4.63. The van der Waals surface area contributed by atoms with Gasteiger partial charge < -0.3 is 4.98 Å². The molecular weight excluding hydrogens is 283 g/mol. The Kier molecular flexibility index (Phi) is 2.97. The summed E-state index contributed by atoms with van der Waals surface area (Å²) in [5, 5.41) is 0.849. The molecule has 0 aliphatic heterocycles. The van der Waals surface area contributed by atoms with E-state index in [0.29, 0.717) is 11.1 Å². The van der Waals surface area contributed by atoms with E-state index in [0.717, 1.165) is 11.5 Å². The summed E-state index contributed by atoms with van der Waals surface area (Å²) in [6.07, 6.45) is -3.05. The van der Waals surface area contributed by atoms with Crippen molar-refractivity contribution in [1.82, 2.24) is 15.0 Å². The Bertz CT molecular complexity index is 871. The van der Waals surface area contributed by atoms with Gasteiger partial charge in [-0.15, -0.1) is 0 Å². The van der Waals surface area contributed by atoms with E-state index in [4.69, 9.17) is 0 Å². The van der Waals surface area contributed by atoms with Gasteiger partial charge in [-0.1, -0.05) is 18.2 Å². The lowest BCUT2D eigenvalue weighted by Gasteiger charge is -2.08. The maximum Gasteiger partial charge on any atom is 0.431 e. The molecular formula is C14H8F3N3O. The summed E-state index contributed by atoms with van der Waals surface area (Å²) >= 11 is 0. The molecule has 7 heteroatoms. The zero-order chi connectivity index (χ0) is 15.0. The van der Waals surface area contributed by atoms with Crippen molar-refractivity contribution in [3.8, 4) is 11.3 Å². The molecule has 0 saturated carbocycles. The molecule has 0 amide bonds. The average molecular weight is 291 g/mol. The first-order valence-electron chi connectivity index (χ1n) is 5.97. The third-order valence-corrected chi connectivity index (χ3v) is 2.95. The minimum Gasteiger partial charge on any atom is -0.302 e. The van der Waals surface area contributed by atoms with Crippen LogP contribution < -0.4 is 5.69 Å². The smallest absolute Gasteiger partial charge is 0.302 e. The highest BCUT2D eigenvalue weighted by atomic mass is 19.4. The van der Waals surface area contributed by atoms with Crippen molar-refractivity contribution < 1.29 is 13.2 Å². The van der Waals surface area contributed by atoms with Gasteiger partial charge in [0, 0.05) is 17.1 Å². The standard InChI is InChI=1S/C14H8F3N3O/c15-14(16,17)12-7-11(19-13(21)20-12)9-4-3-8-2-1-5-18-10(8)6-9/h1-7H,(H,19,20,21). The molecule has 4 nitrogen and oxygen atoms in total. The summed E-state index contributed by atoms with van der Waals surface area (Å²) in [5.74, 6) is 0. The van der Waals surface area contributed by atoms with Crippen molar-refractivity contribution in [2.45, 2.75) is 6.18 Å². The highest BCUT2D eigenvalue weighted by Gasteiger charge is 2.32. The van der Waals surface area contributed by atoms with Crippen LogP contribution in [0.2, 0.25) is 0 Å². The highest BCUT2D eigenvalue weighted by Crippen LogP contribution is 2.29. The number of hydrogen-bond donors (Lipinski definition) is 1. The molecule has 21 heavy (non-hydrogen) atoms. The van der Waals surface area contributed by atoms with Gasteiger partial charge in [-0.2, -0.15) is 18.2 Å². The molecule has 106 valence electrons. The second kappa shape index (κ2) is 4.69. The number of fused-ring (bicyclic) bond motifs is 1. The number of benzene rings is 1. The first-order valence-corrected chi connectivity index (χ1v) is 5.97. The number of aromatic nitrogens is 3. The second-order valence-corrected chi connectivity index (χ2v) is 4.39. The molecule has 0 atom stereocenters. The van der Waals surface area contributed by atoms with Gasteiger partial charge >= 0.3 is 11.9 Å². The molecule has 0 unspecified atom stereocenters.